The summed E-state index contributed by atoms with van der Waals surface area (Å²) in [5.74, 6) is 0.767. The molecular weight excluding hydrogens is 219 g/mol. The Kier molecular flexibility index (Phi) is 4.13. The van der Waals surface area contributed by atoms with Gasteiger partial charge in [-0.05, 0) is 48.9 Å². The molecule has 1 aliphatic carbocycles. The summed E-state index contributed by atoms with van der Waals surface area (Å²) in [7, 11) is 4.08. The van der Waals surface area contributed by atoms with Gasteiger partial charge in [0, 0.05) is 12.2 Å². The molecule has 3 heteroatoms. The lowest BCUT2D eigenvalue weighted by Gasteiger charge is -2.14. The van der Waals surface area contributed by atoms with Crippen molar-refractivity contribution < 1.29 is 0 Å². The zero-order chi connectivity index (χ0) is 13.1. The van der Waals surface area contributed by atoms with Gasteiger partial charge in [0.1, 0.15) is 7.85 Å². The second-order valence-corrected chi connectivity index (χ2v) is 5.23. The Hall–Kier alpha value is -1.22. The van der Waals surface area contributed by atoms with Crippen molar-refractivity contribution in [1.29, 1.82) is 0 Å². The fourth-order valence-corrected chi connectivity index (χ4v) is 2.39. The van der Waals surface area contributed by atoms with Crippen LogP contribution in [0.2, 0.25) is 0 Å². The molecule has 1 fully saturated rings. The van der Waals surface area contributed by atoms with Crippen LogP contribution in [0.3, 0.4) is 0 Å². The maximum absolute atomic E-state index is 6.16. The van der Waals surface area contributed by atoms with E-state index in [-0.39, 0.29) is 0 Å². The lowest BCUT2D eigenvalue weighted by atomic mass is 9.82. The minimum atomic E-state index is 0.756. The molecule has 1 aliphatic rings. The summed E-state index contributed by atoms with van der Waals surface area (Å²) in [6, 6.07) is 6.90. The Morgan fingerprint density at radius 2 is 2.17 bits per heavy atom. The first kappa shape index (κ1) is 13.2. The normalized spacial score (nSPS) is 16.6. The van der Waals surface area contributed by atoms with Crippen molar-refractivity contribution in [3.05, 3.63) is 40.6 Å². The van der Waals surface area contributed by atoms with Crippen molar-refractivity contribution >= 4 is 13.3 Å². The average Bonchev–Trinajstić information content (AvgIpc) is 3.21. The molecule has 3 N–H and O–H groups in total. The number of aryl methyl sites for hydroxylation is 1. The molecule has 1 aromatic carbocycles. The van der Waals surface area contributed by atoms with E-state index in [1.165, 1.54) is 35.0 Å². The average molecular weight is 242 g/mol. The van der Waals surface area contributed by atoms with Crippen LogP contribution in [0.15, 0.2) is 23.9 Å². The van der Waals surface area contributed by atoms with E-state index in [9.17, 15) is 0 Å². The summed E-state index contributed by atoms with van der Waals surface area (Å²) >= 11 is 0. The van der Waals surface area contributed by atoms with E-state index < -0.39 is 0 Å². The van der Waals surface area contributed by atoms with Crippen LogP contribution in [0, 0.1) is 0 Å². The van der Waals surface area contributed by atoms with Crippen LogP contribution in [-0.4, -0.2) is 21.4 Å². The van der Waals surface area contributed by atoms with Crippen LogP contribution in [0.1, 0.15) is 42.4 Å². The molecule has 1 saturated carbocycles. The molecule has 0 bridgehead atoms. The predicted octanol–water partition coefficient (Wildman–Crippen LogP) is 1.61. The Morgan fingerprint density at radius 3 is 2.72 bits per heavy atom. The maximum atomic E-state index is 6.16. The zero-order valence-electron chi connectivity index (χ0n) is 11.7. The molecule has 2 rings (SSSR count). The maximum Gasteiger partial charge on any atom is 0.142 e. The Balaban J connectivity index is 2.42. The Labute approximate surface area is 111 Å². The number of rotatable bonds is 5. The molecule has 0 aromatic heterocycles. The van der Waals surface area contributed by atoms with Crippen LogP contribution in [-0.2, 0) is 6.42 Å². The van der Waals surface area contributed by atoms with Crippen LogP contribution in [0.5, 0.6) is 0 Å². The molecule has 0 unspecified atom stereocenters. The largest absolute Gasteiger partial charge is 0.401 e. The van der Waals surface area contributed by atoms with E-state index in [2.05, 4.69) is 38.3 Å². The van der Waals surface area contributed by atoms with Crippen LogP contribution >= 0.6 is 0 Å². The highest BCUT2D eigenvalue weighted by Crippen LogP contribution is 2.43. The van der Waals surface area contributed by atoms with Crippen molar-refractivity contribution in [2.24, 2.45) is 5.73 Å². The van der Waals surface area contributed by atoms with E-state index in [1.54, 1.807) is 0 Å². The molecule has 0 saturated heterocycles. The predicted molar refractivity (Wildman–Crippen MR) is 81.4 cm³/mol. The minimum Gasteiger partial charge on any atom is -0.401 e. The fraction of sp³-hybridized carbons (Fsp3) is 0.467. The van der Waals surface area contributed by atoms with Crippen LogP contribution < -0.4 is 11.1 Å². The van der Waals surface area contributed by atoms with Gasteiger partial charge in [-0.2, -0.15) is 0 Å². The molecule has 2 nitrogen and oxygen atoms in total. The molecule has 0 amide bonds. The third kappa shape index (κ3) is 2.78. The Bertz CT molecular complexity index is 462. The van der Waals surface area contributed by atoms with Gasteiger partial charge in [0.15, 0.2) is 0 Å². The zero-order valence-corrected chi connectivity index (χ0v) is 11.7. The van der Waals surface area contributed by atoms with Gasteiger partial charge in [-0.15, -0.1) is 0 Å². The molecule has 96 valence electrons. The van der Waals surface area contributed by atoms with Crippen molar-refractivity contribution in [3.8, 4) is 0 Å². The first-order chi connectivity index (χ1) is 8.67. The molecule has 0 atom stereocenters. The minimum absolute atomic E-state index is 0.756. The molecule has 0 heterocycles. The quantitative estimate of drug-likeness (QED) is 0.770. The summed E-state index contributed by atoms with van der Waals surface area (Å²) in [5.41, 5.74) is 12.6. The number of nitrogens with one attached hydrogen (secondary N) is 1. The fourth-order valence-electron chi connectivity index (χ4n) is 2.39. The summed E-state index contributed by atoms with van der Waals surface area (Å²) in [4.78, 5) is 0. The van der Waals surface area contributed by atoms with Gasteiger partial charge in [-0.3, -0.25) is 0 Å². The summed E-state index contributed by atoms with van der Waals surface area (Å²) in [5, 5.41) is 3.13. The number of nitrogens with two attached hydrogens (primary N) is 1. The molecule has 0 spiro atoms. The summed E-state index contributed by atoms with van der Waals surface area (Å²) < 4.78 is 0. The first-order valence-corrected chi connectivity index (χ1v) is 6.90. The van der Waals surface area contributed by atoms with Gasteiger partial charge in [0.05, 0.1) is 0 Å². The first-order valence-electron chi connectivity index (χ1n) is 6.90. The van der Waals surface area contributed by atoms with E-state index in [0.29, 0.717) is 0 Å². The highest BCUT2D eigenvalue weighted by atomic mass is 14.8. The van der Waals surface area contributed by atoms with Gasteiger partial charge in [-0.25, -0.2) is 0 Å². The topological polar surface area (TPSA) is 38.0 Å². The van der Waals surface area contributed by atoms with Crippen molar-refractivity contribution in [3.63, 3.8) is 0 Å². The van der Waals surface area contributed by atoms with Crippen LogP contribution in [0.25, 0.3) is 5.47 Å². The molecule has 0 aliphatic heterocycles. The van der Waals surface area contributed by atoms with Gasteiger partial charge < -0.3 is 11.1 Å². The third-order valence-electron chi connectivity index (χ3n) is 3.80. The van der Waals surface area contributed by atoms with E-state index >= 15 is 0 Å². The van der Waals surface area contributed by atoms with Crippen molar-refractivity contribution in [1.82, 2.24) is 5.32 Å². The highest BCUT2D eigenvalue weighted by molar-refractivity contribution is 6.43. The van der Waals surface area contributed by atoms with E-state index in [4.69, 9.17) is 5.73 Å². The molecule has 1 aromatic rings. The number of hydrogen-bond acceptors (Lipinski definition) is 2. The van der Waals surface area contributed by atoms with Gasteiger partial charge >= 0.3 is 0 Å². The SMILES string of the molecule is B/C(=C(/N)CNC)c1cc(CC)ccc1C1CC1. The standard InChI is InChI=1S/C15H23BN2/c1-3-10-4-7-12(11-5-6-11)13(8-10)15(16)14(17)9-18-2/h4,7-8,11,18H,3,5-6,9,16-17H2,1-2H3/b15-14+. The number of likely N-dealkylation sites (N-methyl/N-ethyl adjacent to an activating group) is 1. The molecular formula is C15H23BN2. The second-order valence-electron chi connectivity index (χ2n) is 5.23. The van der Waals surface area contributed by atoms with E-state index in [0.717, 1.165) is 24.6 Å². The summed E-state index contributed by atoms with van der Waals surface area (Å²) in [6.07, 6.45) is 3.74. The number of benzene rings is 1. The lowest BCUT2D eigenvalue weighted by molar-refractivity contribution is 0.874. The van der Waals surface area contributed by atoms with Gasteiger partial charge in [0.25, 0.3) is 0 Å². The smallest absolute Gasteiger partial charge is 0.142 e. The third-order valence-corrected chi connectivity index (χ3v) is 3.80. The highest BCUT2D eigenvalue weighted by Gasteiger charge is 2.26. The lowest BCUT2D eigenvalue weighted by Crippen LogP contribution is -2.18. The van der Waals surface area contributed by atoms with Gasteiger partial charge in [0.2, 0.25) is 0 Å². The summed E-state index contributed by atoms with van der Waals surface area (Å²) in [6.45, 7) is 2.96. The Morgan fingerprint density at radius 1 is 1.44 bits per heavy atom. The van der Waals surface area contributed by atoms with Crippen LogP contribution in [0.4, 0.5) is 0 Å². The molecule has 0 radical (unpaired) electrons. The monoisotopic (exact) mass is 242 g/mol. The van der Waals surface area contributed by atoms with Crippen molar-refractivity contribution in [2.45, 2.75) is 32.1 Å². The number of hydrogen-bond donors (Lipinski definition) is 2. The molecule has 18 heavy (non-hydrogen) atoms. The second kappa shape index (κ2) is 5.62. The van der Waals surface area contributed by atoms with Crippen molar-refractivity contribution in [2.75, 3.05) is 13.6 Å². The van der Waals surface area contributed by atoms with E-state index in [1.807, 2.05) is 7.05 Å². The van der Waals surface area contributed by atoms with Gasteiger partial charge in [-0.1, -0.05) is 30.6 Å².